The van der Waals surface area contributed by atoms with Gasteiger partial charge in [-0.1, -0.05) is 63.7 Å². The van der Waals surface area contributed by atoms with E-state index in [1.807, 2.05) is 91.2 Å². The fourth-order valence-electron chi connectivity index (χ4n) is 4.40. The molecular formula is C29H20BrN3O3S2. The zero-order chi connectivity index (χ0) is 26.2. The molecule has 6 nitrogen and oxygen atoms in total. The zero-order valence-electron chi connectivity index (χ0n) is 20.1. The minimum atomic E-state index is -0.578. The molecule has 6 rings (SSSR count). The first-order valence-corrected chi connectivity index (χ1v) is 14.2. The summed E-state index contributed by atoms with van der Waals surface area (Å²) in [7, 11) is 0. The van der Waals surface area contributed by atoms with Gasteiger partial charge >= 0.3 is 0 Å². The van der Waals surface area contributed by atoms with E-state index in [0.717, 1.165) is 14.9 Å². The monoisotopic (exact) mass is 601 g/mol. The number of para-hydroxylation sites is 1. The first-order valence-electron chi connectivity index (χ1n) is 11.8. The van der Waals surface area contributed by atoms with E-state index in [1.165, 1.54) is 22.7 Å². The maximum atomic E-state index is 13.8. The second kappa shape index (κ2) is 10.2. The van der Waals surface area contributed by atoms with Gasteiger partial charge in [0.1, 0.15) is 17.6 Å². The Bertz CT molecular complexity index is 1870. The molecule has 0 aliphatic carbocycles. The molecule has 1 unspecified atom stereocenters. The molecule has 0 radical (unpaired) electrons. The second-order valence-electron chi connectivity index (χ2n) is 8.63. The molecule has 0 saturated carbocycles. The van der Waals surface area contributed by atoms with Crippen LogP contribution in [0.4, 0.5) is 5.69 Å². The van der Waals surface area contributed by atoms with E-state index in [9.17, 15) is 9.59 Å². The van der Waals surface area contributed by atoms with Crippen molar-refractivity contribution in [3.63, 3.8) is 0 Å². The first-order chi connectivity index (χ1) is 18.5. The summed E-state index contributed by atoms with van der Waals surface area (Å²) < 4.78 is 9.10. The predicted octanol–water partition coefficient (Wildman–Crippen LogP) is 5.96. The number of thiophene rings is 1. The molecule has 0 fully saturated rings. The smallest absolute Gasteiger partial charge is 0.271 e. The van der Waals surface area contributed by atoms with Gasteiger partial charge in [-0.15, -0.1) is 11.3 Å². The summed E-state index contributed by atoms with van der Waals surface area (Å²) in [4.78, 5) is 33.4. The molecule has 1 aliphatic heterocycles. The number of halogens is 1. The summed E-state index contributed by atoms with van der Waals surface area (Å²) in [6, 6.07) is 24.1. The third kappa shape index (κ3) is 4.64. The van der Waals surface area contributed by atoms with E-state index in [0.29, 0.717) is 37.8 Å². The minimum Gasteiger partial charge on any atom is -0.457 e. The Morgan fingerprint density at radius 3 is 2.68 bits per heavy atom. The topological polar surface area (TPSA) is 76.6 Å². The van der Waals surface area contributed by atoms with Gasteiger partial charge < -0.3 is 9.73 Å². The molecule has 0 saturated heterocycles. The average Bonchev–Trinajstić information content (AvgIpc) is 3.66. The molecule has 4 heterocycles. The summed E-state index contributed by atoms with van der Waals surface area (Å²) in [5, 5.41) is 4.91. The lowest BCUT2D eigenvalue weighted by Gasteiger charge is -2.24. The van der Waals surface area contributed by atoms with Crippen molar-refractivity contribution in [3.8, 4) is 11.3 Å². The normalized spacial score (nSPS) is 15.3. The van der Waals surface area contributed by atoms with Crippen molar-refractivity contribution in [1.82, 2.24) is 4.57 Å². The van der Waals surface area contributed by atoms with Crippen LogP contribution in [0.15, 0.2) is 114 Å². The van der Waals surface area contributed by atoms with Crippen LogP contribution in [0.25, 0.3) is 17.4 Å². The van der Waals surface area contributed by atoms with Crippen LogP contribution in [-0.4, -0.2) is 10.5 Å². The van der Waals surface area contributed by atoms with Crippen molar-refractivity contribution in [2.24, 2.45) is 4.99 Å². The quantitative estimate of drug-likeness (QED) is 0.270. The van der Waals surface area contributed by atoms with E-state index < -0.39 is 6.04 Å². The highest BCUT2D eigenvalue weighted by Gasteiger charge is 2.33. The fourth-order valence-corrected chi connectivity index (χ4v) is 6.65. The summed E-state index contributed by atoms with van der Waals surface area (Å²) in [5.41, 5.74) is 2.43. The number of furan rings is 1. The Balaban J connectivity index is 1.43. The molecule has 2 aromatic carbocycles. The lowest BCUT2D eigenvalue weighted by atomic mass is 10.0. The van der Waals surface area contributed by atoms with Crippen molar-refractivity contribution < 1.29 is 9.21 Å². The first kappa shape index (κ1) is 24.5. The Morgan fingerprint density at radius 2 is 1.92 bits per heavy atom. The third-order valence-corrected chi connectivity index (χ3v) is 8.52. The van der Waals surface area contributed by atoms with Crippen molar-refractivity contribution in [1.29, 1.82) is 0 Å². The van der Waals surface area contributed by atoms with E-state index >= 15 is 0 Å². The number of allylic oxidation sites excluding steroid dienone is 1. The number of nitrogens with one attached hydrogen (secondary N) is 1. The van der Waals surface area contributed by atoms with Gasteiger partial charge in [0.15, 0.2) is 4.80 Å². The maximum absolute atomic E-state index is 13.8. The van der Waals surface area contributed by atoms with Crippen LogP contribution in [0.3, 0.4) is 0 Å². The van der Waals surface area contributed by atoms with Crippen LogP contribution in [0.2, 0.25) is 0 Å². The lowest BCUT2D eigenvalue weighted by Crippen LogP contribution is -2.40. The molecule has 38 heavy (non-hydrogen) atoms. The number of benzene rings is 2. The van der Waals surface area contributed by atoms with E-state index in [4.69, 9.17) is 4.42 Å². The Hall–Kier alpha value is -3.79. The number of carbonyl (C=O) groups is 1. The van der Waals surface area contributed by atoms with Crippen LogP contribution < -0.4 is 20.2 Å². The molecule has 3 aromatic heterocycles. The largest absolute Gasteiger partial charge is 0.457 e. The number of hydrogen-bond donors (Lipinski definition) is 1. The highest BCUT2D eigenvalue weighted by Crippen LogP contribution is 2.33. The van der Waals surface area contributed by atoms with Crippen molar-refractivity contribution in [2.45, 2.75) is 13.0 Å². The number of rotatable bonds is 5. The van der Waals surface area contributed by atoms with Gasteiger partial charge in [-0.3, -0.25) is 14.2 Å². The third-order valence-electron chi connectivity index (χ3n) is 6.12. The zero-order valence-corrected chi connectivity index (χ0v) is 23.3. The maximum Gasteiger partial charge on any atom is 0.271 e. The number of aromatic nitrogens is 1. The van der Waals surface area contributed by atoms with Gasteiger partial charge in [-0.05, 0) is 54.8 Å². The number of amides is 1. The number of thiazole rings is 1. The van der Waals surface area contributed by atoms with E-state index in [1.54, 1.807) is 10.6 Å². The number of carbonyl (C=O) groups excluding carboxylic acids is 1. The standard InChI is InChI=1S/C29H20BrN3O3S2/c1-17-25(27(34)32-20-9-3-2-4-10-20)26(23-11-6-14-37-23)33-28(35)24(38-29(33)31-17)16-21-12-13-22(36-21)18-7-5-8-19(30)15-18/h2-16,26H,1H3,(H,32,34)/b24-16-. The predicted molar refractivity (Wildman–Crippen MR) is 155 cm³/mol. The molecule has 5 aromatic rings. The molecule has 188 valence electrons. The molecule has 1 atom stereocenters. The molecule has 1 aliphatic rings. The fraction of sp³-hybridized carbons (Fsp3) is 0.0690. The van der Waals surface area contributed by atoms with Crippen molar-refractivity contribution in [2.75, 3.05) is 5.32 Å². The van der Waals surface area contributed by atoms with Gasteiger partial charge in [0.2, 0.25) is 0 Å². The Morgan fingerprint density at radius 1 is 1.08 bits per heavy atom. The van der Waals surface area contributed by atoms with E-state index in [-0.39, 0.29) is 11.5 Å². The number of hydrogen-bond acceptors (Lipinski definition) is 6. The van der Waals surface area contributed by atoms with Gasteiger partial charge in [0, 0.05) is 26.7 Å². The molecule has 9 heteroatoms. The SMILES string of the molecule is CC1=C(C(=O)Nc2ccccc2)C(c2cccs2)n2c(s/c(=C\c3ccc(-c4cccc(Br)c4)o3)c2=O)=N1. The van der Waals surface area contributed by atoms with Crippen LogP contribution in [0.5, 0.6) is 0 Å². The van der Waals surface area contributed by atoms with E-state index in [2.05, 4.69) is 26.2 Å². The average molecular weight is 603 g/mol. The minimum absolute atomic E-state index is 0.218. The van der Waals surface area contributed by atoms with Gasteiger partial charge in [-0.2, -0.15) is 0 Å². The summed E-state index contributed by atoms with van der Waals surface area (Å²) in [6.07, 6.45) is 1.74. The number of anilines is 1. The lowest BCUT2D eigenvalue weighted by molar-refractivity contribution is -0.113. The molecule has 1 amide bonds. The molecule has 0 spiro atoms. The van der Waals surface area contributed by atoms with Crippen molar-refractivity contribution >= 4 is 56.3 Å². The Kier molecular flexibility index (Phi) is 6.57. The van der Waals surface area contributed by atoms with Crippen LogP contribution >= 0.6 is 38.6 Å². The highest BCUT2D eigenvalue weighted by atomic mass is 79.9. The van der Waals surface area contributed by atoms with Gasteiger partial charge in [0.05, 0.1) is 15.8 Å². The van der Waals surface area contributed by atoms with Crippen molar-refractivity contribution in [3.05, 3.63) is 130 Å². The summed E-state index contributed by atoms with van der Waals surface area (Å²) >= 11 is 6.28. The summed E-state index contributed by atoms with van der Waals surface area (Å²) in [6.45, 7) is 1.81. The number of fused-ring (bicyclic) bond motifs is 1. The van der Waals surface area contributed by atoms with Crippen LogP contribution in [-0.2, 0) is 4.79 Å². The van der Waals surface area contributed by atoms with Crippen LogP contribution in [0.1, 0.15) is 23.6 Å². The summed E-state index contributed by atoms with van der Waals surface area (Å²) in [5.74, 6) is 0.989. The van der Waals surface area contributed by atoms with Gasteiger partial charge in [-0.25, -0.2) is 4.99 Å². The highest BCUT2D eigenvalue weighted by molar-refractivity contribution is 9.10. The van der Waals surface area contributed by atoms with Crippen LogP contribution in [0, 0.1) is 0 Å². The number of nitrogens with zero attached hydrogens (tertiary/aromatic N) is 2. The molecular weight excluding hydrogens is 582 g/mol. The molecule has 0 bridgehead atoms. The van der Waals surface area contributed by atoms with Gasteiger partial charge in [0.25, 0.3) is 11.5 Å². The Labute approximate surface area is 234 Å². The second-order valence-corrected chi connectivity index (χ2v) is 11.5. The molecule has 1 N–H and O–H groups in total.